The van der Waals surface area contributed by atoms with E-state index >= 15 is 0 Å². The standard InChI is InChI=1S/C50H30N2S2/c1-2-13-32(14-3-1)50-51-44(33-24-25-48-43(29-33)41-18-7-8-22-46(41)53-48)30-45(52-50)36-27-34(38-19-10-15-31-12-4-5-16-37(31)38)26-35(28-36)39-20-11-21-42-40-17-6-9-23-47(40)54-49(39)42/h1-30H. The molecular formula is C50H30N2S2. The third-order valence-electron chi connectivity index (χ3n) is 10.5. The molecule has 2 nitrogen and oxygen atoms in total. The molecule has 0 aliphatic rings. The molecule has 0 aliphatic heterocycles. The summed E-state index contributed by atoms with van der Waals surface area (Å²) in [6, 6.07) is 65.6. The van der Waals surface area contributed by atoms with Gasteiger partial charge in [-0.3, -0.25) is 0 Å². The molecule has 54 heavy (non-hydrogen) atoms. The molecule has 252 valence electrons. The molecule has 4 heteroatoms. The van der Waals surface area contributed by atoms with Crippen LogP contribution in [0.5, 0.6) is 0 Å². The smallest absolute Gasteiger partial charge is 0.160 e. The molecular weight excluding hydrogens is 693 g/mol. The topological polar surface area (TPSA) is 25.8 Å². The highest BCUT2D eigenvalue weighted by atomic mass is 32.1. The third-order valence-corrected chi connectivity index (χ3v) is 12.8. The second-order valence-corrected chi connectivity index (χ2v) is 15.9. The molecule has 0 unspecified atom stereocenters. The van der Waals surface area contributed by atoms with Crippen LogP contribution in [-0.2, 0) is 0 Å². The monoisotopic (exact) mass is 722 g/mol. The first-order chi connectivity index (χ1) is 26.7. The predicted molar refractivity (Wildman–Crippen MR) is 232 cm³/mol. The van der Waals surface area contributed by atoms with Crippen molar-refractivity contribution in [2.45, 2.75) is 0 Å². The minimum atomic E-state index is 0.710. The largest absolute Gasteiger partial charge is 0.228 e. The Kier molecular flexibility index (Phi) is 7.25. The van der Waals surface area contributed by atoms with Crippen LogP contribution in [-0.4, -0.2) is 9.97 Å². The van der Waals surface area contributed by atoms with E-state index in [9.17, 15) is 0 Å². The minimum Gasteiger partial charge on any atom is -0.228 e. The average molecular weight is 723 g/mol. The van der Waals surface area contributed by atoms with Crippen LogP contribution >= 0.6 is 22.7 Å². The highest BCUT2D eigenvalue weighted by molar-refractivity contribution is 7.26. The van der Waals surface area contributed by atoms with Gasteiger partial charge in [0.15, 0.2) is 5.82 Å². The Hall–Kier alpha value is -6.46. The zero-order chi connectivity index (χ0) is 35.6. The van der Waals surface area contributed by atoms with E-state index in [-0.39, 0.29) is 0 Å². The summed E-state index contributed by atoms with van der Waals surface area (Å²) >= 11 is 3.70. The van der Waals surface area contributed by atoms with Gasteiger partial charge < -0.3 is 0 Å². The van der Waals surface area contributed by atoms with E-state index in [2.05, 4.69) is 176 Å². The number of hydrogen-bond donors (Lipinski definition) is 0. The molecule has 0 fully saturated rings. The molecule has 11 rings (SSSR count). The van der Waals surface area contributed by atoms with Crippen LogP contribution < -0.4 is 0 Å². The second-order valence-electron chi connectivity index (χ2n) is 13.7. The summed E-state index contributed by atoms with van der Waals surface area (Å²) in [5.74, 6) is 0.710. The first-order valence-corrected chi connectivity index (χ1v) is 19.8. The zero-order valence-electron chi connectivity index (χ0n) is 29.0. The maximum absolute atomic E-state index is 5.32. The first kappa shape index (κ1) is 31.1. The number of fused-ring (bicyclic) bond motifs is 7. The van der Waals surface area contributed by atoms with Crippen LogP contribution in [0.3, 0.4) is 0 Å². The van der Waals surface area contributed by atoms with Gasteiger partial charge in [-0.05, 0) is 81.6 Å². The van der Waals surface area contributed by atoms with Gasteiger partial charge in [0, 0.05) is 57.0 Å². The lowest BCUT2D eigenvalue weighted by molar-refractivity contribution is 1.18. The molecule has 0 spiro atoms. The lowest BCUT2D eigenvalue weighted by atomic mass is 9.91. The predicted octanol–water partition coefficient (Wildman–Crippen LogP) is 14.7. The van der Waals surface area contributed by atoms with Gasteiger partial charge in [0.25, 0.3) is 0 Å². The van der Waals surface area contributed by atoms with E-state index < -0.39 is 0 Å². The lowest BCUT2D eigenvalue weighted by Crippen LogP contribution is -1.96. The Labute approximate surface area is 320 Å². The van der Waals surface area contributed by atoms with Crippen molar-refractivity contribution >= 4 is 73.8 Å². The molecule has 0 N–H and O–H groups in total. The van der Waals surface area contributed by atoms with Crippen LogP contribution in [0.2, 0.25) is 0 Å². The van der Waals surface area contributed by atoms with Crippen LogP contribution in [0.4, 0.5) is 0 Å². The van der Waals surface area contributed by atoms with Gasteiger partial charge in [0.05, 0.1) is 11.4 Å². The van der Waals surface area contributed by atoms with Crippen LogP contribution in [0.1, 0.15) is 0 Å². The fraction of sp³-hybridized carbons (Fsp3) is 0. The van der Waals surface area contributed by atoms with E-state index in [0.717, 1.165) is 33.6 Å². The Morgan fingerprint density at radius 3 is 1.72 bits per heavy atom. The molecule has 3 aromatic heterocycles. The van der Waals surface area contributed by atoms with Crippen LogP contribution in [0.15, 0.2) is 182 Å². The molecule has 11 aromatic rings. The van der Waals surface area contributed by atoms with Crippen molar-refractivity contribution in [1.29, 1.82) is 0 Å². The number of benzene rings is 8. The van der Waals surface area contributed by atoms with E-state index in [1.807, 2.05) is 28.7 Å². The molecule has 0 aliphatic carbocycles. The van der Waals surface area contributed by atoms with E-state index in [1.54, 1.807) is 0 Å². The maximum atomic E-state index is 5.32. The minimum absolute atomic E-state index is 0.710. The highest BCUT2D eigenvalue weighted by Gasteiger charge is 2.17. The highest BCUT2D eigenvalue weighted by Crippen LogP contribution is 2.43. The molecule has 0 atom stereocenters. The van der Waals surface area contributed by atoms with Crippen molar-refractivity contribution in [3.8, 4) is 56.2 Å². The van der Waals surface area contributed by atoms with Gasteiger partial charge in [-0.1, -0.05) is 133 Å². The van der Waals surface area contributed by atoms with Gasteiger partial charge in [-0.25, -0.2) is 9.97 Å². The fourth-order valence-corrected chi connectivity index (χ4v) is 10.2. The number of nitrogens with zero attached hydrogens (tertiary/aromatic N) is 2. The third kappa shape index (κ3) is 5.22. The van der Waals surface area contributed by atoms with Gasteiger partial charge in [-0.15, -0.1) is 22.7 Å². The Morgan fingerprint density at radius 2 is 0.889 bits per heavy atom. The molecule has 3 heterocycles. The maximum Gasteiger partial charge on any atom is 0.160 e. The average Bonchev–Trinajstić information content (AvgIpc) is 3.82. The van der Waals surface area contributed by atoms with Crippen molar-refractivity contribution in [3.63, 3.8) is 0 Å². The first-order valence-electron chi connectivity index (χ1n) is 18.1. The summed E-state index contributed by atoms with van der Waals surface area (Å²) in [4.78, 5) is 10.6. The zero-order valence-corrected chi connectivity index (χ0v) is 30.7. The summed E-state index contributed by atoms with van der Waals surface area (Å²) in [6.07, 6.45) is 0. The van der Waals surface area contributed by atoms with Gasteiger partial charge in [-0.2, -0.15) is 0 Å². The summed E-state index contributed by atoms with van der Waals surface area (Å²) in [5.41, 5.74) is 9.66. The van der Waals surface area contributed by atoms with E-state index in [0.29, 0.717) is 5.82 Å². The molecule has 0 saturated carbocycles. The van der Waals surface area contributed by atoms with Crippen molar-refractivity contribution in [2.75, 3.05) is 0 Å². The summed E-state index contributed by atoms with van der Waals surface area (Å²) in [6.45, 7) is 0. The molecule has 0 bridgehead atoms. The van der Waals surface area contributed by atoms with Gasteiger partial charge in [0.2, 0.25) is 0 Å². The Bertz CT molecular complexity index is 3220. The SMILES string of the molecule is c1ccc(-c2nc(-c3cc(-c4cccc5ccccc45)cc(-c4cccc5c4sc4ccccc45)c3)cc(-c3ccc4sc5ccccc5c4c3)n2)cc1. The summed E-state index contributed by atoms with van der Waals surface area (Å²) < 4.78 is 5.17. The van der Waals surface area contributed by atoms with Gasteiger partial charge >= 0.3 is 0 Å². The number of thiophene rings is 2. The number of aromatic nitrogens is 2. The number of hydrogen-bond acceptors (Lipinski definition) is 4. The van der Waals surface area contributed by atoms with Crippen molar-refractivity contribution < 1.29 is 0 Å². The van der Waals surface area contributed by atoms with E-state index in [4.69, 9.17) is 9.97 Å². The van der Waals surface area contributed by atoms with E-state index in [1.165, 1.54) is 67.8 Å². The molecule has 0 radical (unpaired) electrons. The van der Waals surface area contributed by atoms with Crippen LogP contribution in [0, 0.1) is 0 Å². The van der Waals surface area contributed by atoms with Crippen molar-refractivity contribution in [1.82, 2.24) is 9.97 Å². The van der Waals surface area contributed by atoms with Crippen molar-refractivity contribution in [2.24, 2.45) is 0 Å². The molecule has 8 aromatic carbocycles. The normalized spacial score (nSPS) is 11.7. The lowest BCUT2D eigenvalue weighted by Gasteiger charge is -2.15. The molecule has 0 amide bonds. The van der Waals surface area contributed by atoms with Gasteiger partial charge in [0.1, 0.15) is 0 Å². The summed E-state index contributed by atoms with van der Waals surface area (Å²) in [5, 5.41) is 7.57. The quantitative estimate of drug-likeness (QED) is 0.177. The number of rotatable bonds is 5. The molecule has 0 saturated heterocycles. The fourth-order valence-electron chi connectivity index (χ4n) is 7.88. The van der Waals surface area contributed by atoms with Crippen molar-refractivity contribution in [3.05, 3.63) is 182 Å². The van der Waals surface area contributed by atoms with Crippen LogP contribution in [0.25, 0.3) is 107 Å². The second kappa shape index (κ2) is 12.6. The Morgan fingerprint density at radius 1 is 0.315 bits per heavy atom. The summed E-state index contributed by atoms with van der Waals surface area (Å²) in [7, 11) is 0. The Balaban J connectivity index is 1.17.